The summed E-state index contributed by atoms with van der Waals surface area (Å²) in [5, 5.41) is 14.5. The molecule has 0 radical (unpaired) electrons. The van der Waals surface area contributed by atoms with Crippen LogP contribution in [-0.2, 0) is 6.54 Å². The Balaban J connectivity index is 2.00. The van der Waals surface area contributed by atoms with E-state index in [9.17, 15) is 10.1 Å². The Morgan fingerprint density at radius 1 is 1.32 bits per heavy atom. The Kier molecular flexibility index (Phi) is 4.53. The second-order valence-corrected chi connectivity index (χ2v) is 5.64. The molecule has 3 atom stereocenters. The van der Waals surface area contributed by atoms with Crippen LogP contribution in [0.4, 0.5) is 5.69 Å². The van der Waals surface area contributed by atoms with Gasteiger partial charge < -0.3 is 5.32 Å². The molecular weight excluding hydrogens is 240 g/mol. The predicted molar refractivity (Wildman–Crippen MR) is 75.9 cm³/mol. The smallest absolute Gasteiger partial charge is 0.273 e. The van der Waals surface area contributed by atoms with Crippen LogP contribution < -0.4 is 5.32 Å². The molecule has 4 heteroatoms. The molecule has 0 spiro atoms. The van der Waals surface area contributed by atoms with Crippen molar-refractivity contribution in [2.45, 2.75) is 45.7 Å². The Labute approximate surface area is 114 Å². The summed E-state index contributed by atoms with van der Waals surface area (Å²) in [6.45, 7) is 5.16. The molecule has 1 N–H and O–H groups in total. The second kappa shape index (κ2) is 6.15. The third-order valence-electron chi connectivity index (χ3n) is 4.45. The summed E-state index contributed by atoms with van der Waals surface area (Å²) in [6, 6.07) is 7.46. The van der Waals surface area contributed by atoms with E-state index in [0.29, 0.717) is 18.5 Å². The highest BCUT2D eigenvalue weighted by molar-refractivity contribution is 5.39. The topological polar surface area (TPSA) is 55.2 Å². The van der Waals surface area contributed by atoms with E-state index in [1.165, 1.54) is 19.3 Å². The number of nitrogens with zero attached hydrogens (tertiary/aromatic N) is 1. The quantitative estimate of drug-likeness (QED) is 0.667. The molecule has 1 fully saturated rings. The van der Waals surface area contributed by atoms with E-state index in [1.807, 2.05) is 12.1 Å². The maximum Gasteiger partial charge on any atom is 0.273 e. The van der Waals surface area contributed by atoms with Crippen LogP contribution >= 0.6 is 0 Å². The summed E-state index contributed by atoms with van der Waals surface area (Å²) < 4.78 is 0. The minimum Gasteiger partial charge on any atom is -0.309 e. The van der Waals surface area contributed by atoms with Gasteiger partial charge in [-0.2, -0.15) is 0 Å². The van der Waals surface area contributed by atoms with E-state index in [-0.39, 0.29) is 10.6 Å². The summed E-state index contributed by atoms with van der Waals surface area (Å²) >= 11 is 0. The summed E-state index contributed by atoms with van der Waals surface area (Å²) in [5.74, 6) is 1.37. The van der Waals surface area contributed by atoms with Gasteiger partial charge in [0.1, 0.15) is 0 Å². The van der Waals surface area contributed by atoms with Crippen molar-refractivity contribution in [3.8, 4) is 0 Å². The van der Waals surface area contributed by atoms with Crippen LogP contribution in [0.2, 0.25) is 0 Å². The molecule has 0 amide bonds. The van der Waals surface area contributed by atoms with Gasteiger partial charge in [-0.05, 0) is 18.3 Å². The number of hydrogen-bond donors (Lipinski definition) is 1. The van der Waals surface area contributed by atoms with E-state index in [4.69, 9.17) is 0 Å². The molecule has 19 heavy (non-hydrogen) atoms. The second-order valence-electron chi connectivity index (χ2n) is 5.64. The lowest BCUT2D eigenvalue weighted by atomic mass is 9.78. The van der Waals surface area contributed by atoms with Crippen molar-refractivity contribution in [1.29, 1.82) is 0 Å². The number of nitro benzene ring substituents is 1. The molecular formula is C15H22N2O2. The molecule has 1 aliphatic rings. The SMILES string of the molecule is CC1CCCC(NCc2ccccc2[N+](=O)[O-])C1C. The Bertz CT molecular complexity index is 448. The highest BCUT2D eigenvalue weighted by Crippen LogP contribution is 2.30. The highest BCUT2D eigenvalue weighted by atomic mass is 16.6. The maximum atomic E-state index is 11.0. The first-order valence-corrected chi connectivity index (χ1v) is 7.05. The van der Waals surface area contributed by atoms with Crippen LogP contribution in [0.5, 0.6) is 0 Å². The summed E-state index contributed by atoms with van der Waals surface area (Å²) in [6.07, 6.45) is 3.72. The lowest BCUT2D eigenvalue weighted by Crippen LogP contribution is -2.40. The number of nitrogens with one attached hydrogen (secondary N) is 1. The number of nitro groups is 1. The predicted octanol–water partition coefficient (Wildman–Crippen LogP) is 3.51. The molecule has 0 saturated heterocycles. The first-order valence-electron chi connectivity index (χ1n) is 7.05. The zero-order valence-electron chi connectivity index (χ0n) is 11.6. The molecule has 0 heterocycles. The van der Waals surface area contributed by atoms with Crippen LogP contribution in [0, 0.1) is 22.0 Å². The van der Waals surface area contributed by atoms with E-state index in [0.717, 1.165) is 11.5 Å². The molecule has 3 unspecified atom stereocenters. The fourth-order valence-corrected chi connectivity index (χ4v) is 2.95. The number of hydrogen-bond acceptors (Lipinski definition) is 3. The summed E-state index contributed by atoms with van der Waals surface area (Å²) in [4.78, 5) is 10.7. The fourth-order valence-electron chi connectivity index (χ4n) is 2.95. The van der Waals surface area contributed by atoms with E-state index < -0.39 is 0 Å². The summed E-state index contributed by atoms with van der Waals surface area (Å²) in [5.41, 5.74) is 0.990. The minimum absolute atomic E-state index is 0.214. The molecule has 1 aromatic rings. The highest BCUT2D eigenvalue weighted by Gasteiger charge is 2.27. The van der Waals surface area contributed by atoms with Crippen LogP contribution in [0.1, 0.15) is 38.7 Å². The Morgan fingerprint density at radius 2 is 2.05 bits per heavy atom. The number of rotatable bonds is 4. The zero-order valence-corrected chi connectivity index (χ0v) is 11.6. The average Bonchev–Trinajstić information content (AvgIpc) is 2.40. The van der Waals surface area contributed by atoms with Crippen molar-refractivity contribution in [2.75, 3.05) is 0 Å². The van der Waals surface area contributed by atoms with E-state index in [2.05, 4.69) is 19.2 Å². The molecule has 1 saturated carbocycles. The van der Waals surface area contributed by atoms with Gasteiger partial charge in [0.25, 0.3) is 5.69 Å². The fraction of sp³-hybridized carbons (Fsp3) is 0.600. The Hall–Kier alpha value is -1.42. The molecule has 0 aromatic heterocycles. The molecule has 1 aromatic carbocycles. The van der Waals surface area contributed by atoms with Gasteiger partial charge in [-0.3, -0.25) is 10.1 Å². The van der Waals surface area contributed by atoms with Gasteiger partial charge in [-0.1, -0.05) is 44.9 Å². The van der Waals surface area contributed by atoms with Gasteiger partial charge >= 0.3 is 0 Å². The lowest BCUT2D eigenvalue weighted by molar-refractivity contribution is -0.385. The normalized spacial score (nSPS) is 27.2. The largest absolute Gasteiger partial charge is 0.309 e. The lowest BCUT2D eigenvalue weighted by Gasteiger charge is -2.34. The zero-order chi connectivity index (χ0) is 13.8. The van der Waals surface area contributed by atoms with Crippen molar-refractivity contribution in [3.05, 3.63) is 39.9 Å². The molecule has 104 valence electrons. The van der Waals surface area contributed by atoms with Crippen molar-refractivity contribution in [1.82, 2.24) is 5.32 Å². The van der Waals surface area contributed by atoms with E-state index in [1.54, 1.807) is 12.1 Å². The molecule has 0 bridgehead atoms. The molecule has 0 aliphatic heterocycles. The van der Waals surface area contributed by atoms with Gasteiger partial charge in [0.2, 0.25) is 0 Å². The van der Waals surface area contributed by atoms with E-state index >= 15 is 0 Å². The van der Waals surface area contributed by atoms with Gasteiger partial charge in [0.15, 0.2) is 0 Å². The number of para-hydroxylation sites is 1. The average molecular weight is 262 g/mol. The first kappa shape index (κ1) is 14.0. The van der Waals surface area contributed by atoms with Crippen molar-refractivity contribution >= 4 is 5.69 Å². The summed E-state index contributed by atoms with van der Waals surface area (Å²) in [7, 11) is 0. The standard InChI is InChI=1S/C15H22N2O2/c1-11-6-5-8-14(12(11)2)16-10-13-7-3-4-9-15(13)17(18)19/h3-4,7,9,11-12,14,16H,5-6,8,10H2,1-2H3. The van der Waals surface area contributed by atoms with Gasteiger partial charge in [-0.15, -0.1) is 0 Å². The number of benzene rings is 1. The molecule has 4 nitrogen and oxygen atoms in total. The Morgan fingerprint density at radius 3 is 2.79 bits per heavy atom. The van der Waals surface area contributed by atoms with Crippen molar-refractivity contribution in [2.24, 2.45) is 11.8 Å². The van der Waals surface area contributed by atoms with Crippen molar-refractivity contribution in [3.63, 3.8) is 0 Å². The van der Waals surface area contributed by atoms with Gasteiger partial charge in [0, 0.05) is 24.2 Å². The third-order valence-corrected chi connectivity index (χ3v) is 4.45. The van der Waals surface area contributed by atoms with Crippen LogP contribution in [-0.4, -0.2) is 11.0 Å². The maximum absolute atomic E-state index is 11.0. The molecule has 1 aliphatic carbocycles. The van der Waals surface area contributed by atoms with Gasteiger partial charge in [-0.25, -0.2) is 0 Å². The first-order chi connectivity index (χ1) is 9.09. The van der Waals surface area contributed by atoms with Crippen LogP contribution in [0.25, 0.3) is 0 Å². The molecule has 2 rings (SSSR count). The van der Waals surface area contributed by atoms with Gasteiger partial charge in [0.05, 0.1) is 4.92 Å². The van der Waals surface area contributed by atoms with Crippen LogP contribution in [0.3, 0.4) is 0 Å². The van der Waals surface area contributed by atoms with Crippen LogP contribution in [0.15, 0.2) is 24.3 Å². The third kappa shape index (κ3) is 3.32. The monoisotopic (exact) mass is 262 g/mol. The minimum atomic E-state index is -0.302. The van der Waals surface area contributed by atoms with Crippen molar-refractivity contribution < 1.29 is 4.92 Å².